The predicted molar refractivity (Wildman–Crippen MR) is 53.7 cm³/mol. The van der Waals surface area contributed by atoms with Crippen LogP contribution in [0.4, 0.5) is 10.1 Å². The van der Waals surface area contributed by atoms with Crippen LogP contribution < -0.4 is 0 Å². The van der Waals surface area contributed by atoms with Crippen molar-refractivity contribution >= 4 is 11.7 Å². The zero-order valence-electron chi connectivity index (χ0n) is 8.57. The average molecular weight is 227 g/mol. The number of nitrogens with zero attached hydrogens (tertiary/aromatic N) is 1. The van der Waals surface area contributed by atoms with Crippen LogP contribution in [0.1, 0.15) is 17.5 Å². The molecule has 0 aromatic heterocycles. The first-order chi connectivity index (χ1) is 7.43. The van der Waals surface area contributed by atoms with Crippen molar-refractivity contribution in [3.05, 3.63) is 39.2 Å². The highest BCUT2D eigenvalue weighted by molar-refractivity contribution is 5.67. The highest BCUT2D eigenvalue weighted by Crippen LogP contribution is 2.25. The van der Waals surface area contributed by atoms with Crippen molar-refractivity contribution in [2.45, 2.75) is 19.8 Å². The number of aliphatic carboxylic acids is 1. The summed E-state index contributed by atoms with van der Waals surface area (Å²) in [6, 6.07) is 2.36. The van der Waals surface area contributed by atoms with Crippen LogP contribution in [0.15, 0.2) is 12.1 Å². The van der Waals surface area contributed by atoms with Gasteiger partial charge in [-0.15, -0.1) is 0 Å². The molecule has 0 radical (unpaired) electrons. The first-order valence-electron chi connectivity index (χ1n) is 4.57. The lowest BCUT2D eigenvalue weighted by atomic mass is 10.0. The second-order valence-corrected chi connectivity index (χ2v) is 3.33. The zero-order chi connectivity index (χ0) is 12.3. The molecule has 0 spiro atoms. The van der Waals surface area contributed by atoms with Gasteiger partial charge in [0.2, 0.25) is 5.82 Å². The number of aryl methyl sites for hydroxylation is 1. The lowest BCUT2D eigenvalue weighted by Crippen LogP contribution is -2.03. The van der Waals surface area contributed by atoms with Gasteiger partial charge in [0.05, 0.1) is 4.92 Å². The molecule has 0 unspecified atom stereocenters. The normalized spacial score (nSPS) is 10.1. The number of hydrogen-bond acceptors (Lipinski definition) is 3. The van der Waals surface area contributed by atoms with Gasteiger partial charge in [0, 0.05) is 12.0 Å². The minimum atomic E-state index is -0.994. The van der Waals surface area contributed by atoms with E-state index in [1.807, 2.05) is 0 Å². The molecule has 6 heteroatoms. The Morgan fingerprint density at radius 1 is 1.56 bits per heavy atom. The molecule has 0 aliphatic heterocycles. The number of nitro groups is 1. The van der Waals surface area contributed by atoms with E-state index in [1.165, 1.54) is 13.0 Å². The van der Waals surface area contributed by atoms with Gasteiger partial charge < -0.3 is 5.11 Å². The quantitative estimate of drug-likeness (QED) is 0.630. The molecule has 0 bridgehead atoms. The van der Waals surface area contributed by atoms with Crippen LogP contribution in [0.3, 0.4) is 0 Å². The van der Waals surface area contributed by atoms with Crippen LogP contribution in [0.5, 0.6) is 0 Å². The largest absolute Gasteiger partial charge is 0.481 e. The van der Waals surface area contributed by atoms with Crippen LogP contribution >= 0.6 is 0 Å². The Bertz CT molecular complexity index is 445. The highest BCUT2D eigenvalue weighted by atomic mass is 19.1. The van der Waals surface area contributed by atoms with Crippen molar-refractivity contribution in [2.75, 3.05) is 0 Å². The number of rotatable bonds is 4. The summed E-state index contributed by atoms with van der Waals surface area (Å²) in [5.74, 6) is -1.90. The SMILES string of the molecule is Cc1c(CCC(=O)O)ccc(F)c1[N+](=O)[O-]. The molecule has 1 aromatic carbocycles. The van der Waals surface area contributed by atoms with Gasteiger partial charge in [0.15, 0.2) is 0 Å². The Morgan fingerprint density at radius 2 is 2.19 bits per heavy atom. The van der Waals surface area contributed by atoms with Crippen molar-refractivity contribution in [1.29, 1.82) is 0 Å². The lowest BCUT2D eigenvalue weighted by molar-refractivity contribution is -0.388. The van der Waals surface area contributed by atoms with Gasteiger partial charge >= 0.3 is 11.7 Å². The van der Waals surface area contributed by atoms with Crippen LogP contribution in [0, 0.1) is 22.9 Å². The summed E-state index contributed by atoms with van der Waals surface area (Å²) in [7, 11) is 0. The van der Waals surface area contributed by atoms with E-state index in [4.69, 9.17) is 5.11 Å². The topological polar surface area (TPSA) is 80.4 Å². The smallest absolute Gasteiger partial charge is 0.307 e. The molecule has 86 valence electrons. The number of nitro benzene ring substituents is 1. The molecule has 0 fully saturated rings. The Hall–Kier alpha value is -1.98. The molecule has 0 aliphatic carbocycles. The molecule has 0 saturated heterocycles. The third-order valence-corrected chi connectivity index (χ3v) is 2.28. The fourth-order valence-electron chi connectivity index (χ4n) is 1.45. The van der Waals surface area contributed by atoms with Crippen molar-refractivity contribution in [3.8, 4) is 0 Å². The Balaban J connectivity index is 3.08. The Kier molecular flexibility index (Phi) is 3.55. The van der Waals surface area contributed by atoms with E-state index in [-0.39, 0.29) is 18.4 Å². The van der Waals surface area contributed by atoms with Crippen LogP contribution in [0.25, 0.3) is 0 Å². The minimum Gasteiger partial charge on any atom is -0.481 e. The first kappa shape index (κ1) is 12.1. The predicted octanol–water partition coefficient (Wildman–Crippen LogP) is 2.06. The van der Waals surface area contributed by atoms with E-state index in [2.05, 4.69) is 0 Å². The second-order valence-electron chi connectivity index (χ2n) is 3.33. The first-order valence-corrected chi connectivity index (χ1v) is 4.57. The zero-order valence-corrected chi connectivity index (χ0v) is 8.57. The summed E-state index contributed by atoms with van der Waals surface area (Å²) in [5.41, 5.74) is 0.0876. The summed E-state index contributed by atoms with van der Waals surface area (Å²) < 4.78 is 13.1. The number of benzene rings is 1. The van der Waals surface area contributed by atoms with Gasteiger partial charge in [-0.1, -0.05) is 6.07 Å². The molecule has 5 nitrogen and oxygen atoms in total. The van der Waals surface area contributed by atoms with Gasteiger partial charge in [-0.25, -0.2) is 0 Å². The standard InChI is InChI=1S/C10H10FNO4/c1-6-7(3-5-9(13)14)2-4-8(11)10(6)12(15)16/h2,4H,3,5H2,1H3,(H,13,14). The molecule has 0 amide bonds. The summed E-state index contributed by atoms with van der Waals surface area (Å²) in [6.07, 6.45) is 0.0198. The number of carboxylic acids is 1. The van der Waals surface area contributed by atoms with E-state index in [0.717, 1.165) is 6.07 Å². The van der Waals surface area contributed by atoms with Gasteiger partial charge in [-0.05, 0) is 25.0 Å². The van der Waals surface area contributed by atoms with E-state index >= 15 is 0 Å². The van der Waals surface area contributed by atoms with Crippen molar-refractivity contribution < 1.29 is 19.2 Å². The van der Waals surface area contributed by atoms with E-state index < -0.39 is 22.4 Å². The van der Waals surface area contributed by atoms with Crippen molar-refractivity contribution in [2.24, 2.45) is 0 Å². The molecule has 1 N–H and O–H groups in total. The van der Waals surface area contributed by atoms with E-state index in [9.17, 15) is 19.3 Å². The molecule has 0 saturated carbocycles. The second kappa shape index (κ2) is 4.69. The van der Waals surface area contributed by atoms with Crippen molar-refractivity contribution in [3.63, 3.8) is 0 Å². The third kappa shape index (κ3) is 2.53. The van der Waals surface area contributed by atoms with Crippen LogP contribution in [-0.4, -0.2) is 16.0 Å². The molecule has 16 heavy (non-hydrogen) atoms. The monoisotopic (exact) mass is 227 g/mol. The molecule has 0 heterocycles. The molecular weight excluding hydrogens is 217 g/mol. The van der Waals surface area contributed by atoms with Gasteiger partial charge in [-0.2, -0.15) is 4.39 Å². The highest BCUT2D eigenvalue weighted by Gasteiger charge is 2.20. The van der Waals surface area contributed by atoms with Gasteiger partial charge in [0.1, 0.15) is 0 Å². The molecule has 0 aliphatic rings. The summed E-state index contributed by atoms with van der Waals surface area (Å²) in [4.78, 5) is 20.1. The average Bonchev–Trinajstić information content (AvgIpc) is 2.15. The molecule has 1 rings (SSSR count). The fraction of sp³-hybridized carbons (Fsp3) is 0.300. The minimum absolute atomic E-state index is 0.135. The van der Waals surface area contributed by atoms with Gasteiger partial charge in [0.25, 0.3) is 0 Å². The van der Waals surface area contributed by atoms with Crippen LogP contribution in [0.2, 0.25) is 0 Å². The number of hydrogen-bond donors (Lipinski definition) is 1. The summed E-state index contributed by atoms with van der Waals surface area (Å²) in [6.45, 7) is 1.42. The molecular formula is C10H10FNO4. The molecule has 1 aromatic rings. The van der Waals surface area contributed by atoms with E-state index in [0.29, 0.717) is 5.56 Å². The number of halogens is 1. The Morgan fingerprint density at radius 3 is 2.69 bits per heavy atom. The summed E-state index contributed by atoms with van der Waals surface area (Å²) in [5, 5.41) is 19.1. The van der Waals surface area contributed by atoms with Crippen molar-refractivity contribution in [1.82, 2.24) is 0 Å². The third-order valence-electron chi connectivity index (χ3n) is 2.28. The molecule has 0 atom stereocenters. The summed E-state index contributed by atoms with van der Waals surface area (Å²) >= 11 is 0. The Labute approximate surface area is 90.7 Å². The van der Waals surface area contributed by atoms with Crippen LogP contribution in [-0.2, 0) is 11.2 Å². The maximum atomic E-state index is 13.1. The van der Waals surface area contributed by atoms with Gasteiger partial charge in [-0.3, -0.25) is 14.9 Å². The lowest BCUT2D eigenvalue weighted by Gasteiger charge is -2.05. The number of carboxylic acid groups (broad SMARTS) is 1. The fourth-order valence-corrected chi connectivity index (χ4v) is 1.45. The maximum Gasteiger partial charge on any atom is 0.307 e. The number of carbonyl (C=O) groups is 1. The maximum absolute atomic E-state index is 13.1. The van der Waals surface area contributed by atoms with E-state index in [1.54, 1.807) is 0 Å².